The molecule has 0 aliphatic carbocycles. The molecule has 0 atom stereocenters. The fraction of sp³-hybridized carbons (Fsp3) is 0.258. The minimum Gasteiger partial charge on any atom is -0.455 e. The van der Waals surface area contributed by atoms with Crippen molar-refractivity contribution >= 4 is 22.8 Å². The molecular weight excluding hydrogens is 464 g/mol. The van der Waals surface area contributed by atoms with Crippen molar-refractivity contribution in [2.75, 3.05) is 26.2 Å². The Morgan fingerprint density at radius 3 is 2.16 bits per heavy atom. The Morgan fingerprint density at radius 1 is 0.811 bits per heavy atom. The zero-order chi connectivity index (χ0) is 25.8. The molecule has 1 fully saturated rings. The summed E-state index contributed by atoms with van der Waals surface area (Å²) in [4.78, 5) is 43.0. The molecule has 1 aliphatic heterocycles. The molecule has 1 saturated heterocycles. The largest absolute Gasteiger partial charge is 0.455 e. The number of piperazine rings is 1. The molecule has 6 nitrogen and oxygen atoms in total. The second-order valence-electron chi connectivity index (χ2n) is 9.45. The smallest absolute Gasteiger partial charge is 0.257 e. The topological polar surface area (TPSA) is 70.8 Å². The Balaban J connectivity index is 1.29. The third-order valence-electron chi connectivity index (χ3n) is 7.03. The number of aryl methyl sites for hydroxylation is 1. The van der Waals surface area contributed by atoms with E-state index in [4.69, 9.17) is 4.42 Å². The van der Waals surface area contributed by atoms with E-state index in [0.29, 0.717) is 60.5 Å². The lowest BCUT2D eigenvalue weighted by molar-refractivity contribution is -0.132. The van der Waals surface area contributed by atoms with E-state index in [2.05, 4.69) is 12.1 Å². The minimum atomic E-state index is -0.187. The molecule has 0 N–H and O–H groups in total. The Morgan fingerprint density at radius 2 is 1.46 bits per heavy atom. The van der Waals surface area contributed by atoms with Crippen LogP contribution in [0.25, 0.3) is 22.3 Å². The van der Waals surface area contributed by atoms with Crippen LogP contribution in [0.5, 0.6) is 0 Å². The lowest BCUT2D eigenvalue weighted by atomic mass is 10.0. The summed E-state index contributed by atoms with van der Waals surface area (Å²) < 4.78 is 6.23. The number of carbonyl (C=O) groups excluding carboxylic acids is 2. The van der Waals surface area contributed by atoms with Crippen molar-refractivity contribution in [1.29, 1.82) is 0 Å². The van der Waals surface area contributed by atoms with Gasteiger partial charge >= 0.3 is 0 Å². The van der Waals surface area contributed by atoms with Crippen LogP contribution >= 0.6 is 0 Å². The van der Waals surface area contributed by atoms with Gasteiger partial charge in [0, 0.05) is 43.7 Å². The maximum absolute atomic E-state index is 13.5. The van der Waals surface area contributed by atoms with Crippen LogP contribution < -0.4 is 5.43 Å². The van der Waals surface area contributed by atoms with Crippen LogP contribution in [0, 0.1) is 6.92 Å². The first-order chi connectivity index (χ1) is 18.0. The third kappa shape index (κ3) is 5.19. The normalized spacial score (nSPS) is 13.6. The summed E-state index contributed by atoms with van der Waals surface area (Å²) >= 11 is 0. The molecule has 5 rings (SSSR count). The summed E-state index contributed by atoms with van der Waals surface area (Å²) in [6, 6.07) is 24.8. The molecule has 37 heavy (non-hydrogen) atoms. The molecule has 3 aromatic carbocycles. The number of nitrogens with zero attached hydrogens (tertiary/aromatic N) is 2. The molecule has 0 radical (unpaired) electrons. The Hall–Kier alpha value is -4.19. The molecule has 6 heteroatoms. The van der Waals surface area contributed by atoms with Crippen molar-refractivity contribution < 1.29 is 14.0 Å². The zero-order valence-electron chi connectivity index (χ0n) is 21.0. The Labute approximate surface area is 216 Å². The van der Waals surface area contributed by atoms with E-state index in [0.717, 1.165) is 18.4 Å². The van der Waals surface area contributed by atoms with Crippen LogP contribution in [0.2, 0.25) is 0 Å². The molecule has 1 aromatic heterocycles. The van der Waals surface area contributed by atoms with Crippen LogP contribution in [0.3, 0.4) is 0 Å². The van der Waals surface area contributed by atoms with E-state index in [1.807, 2.05) is 53.4 Å². The summed E-state index contributed by atoms with van der Waals surface area (Å²) in [6.45, 7) is 3.64. The van der Waals surface area contributed by atoms with Gasteiger partial charge in [-0.15, -0.1) is 0 Å². The van der Waals surface area contributed by atoms with Crippen LogP contribution in [-0.4, -0.2) is 47.8 Å². The molecular formula is C31H30N2O4. The summed E-state index contributed by atoms with van der Waals surface area (Å²) in [7, 11) is 0. The highest BCUT2D eigenvalue weighted by atomic mass is 16.3. The van der Waals surface area contributed by atoms with Gasteiger partial charge in [0.25, 0.3) is 5.91 Å². The van der Waals surface area contributed by atoms with Crippen molar-refractivity contribution in [3.05, 3.63) is 106 Å². The number of carbonyl (C=O) groups is 2. The molecule has 188 valence electrons. The van der Waals surface area contributed by atoms with E-state index in [-0.39, 0.29) is 17.2 Å². The summed E-state index contributed by atoms with van der Waals surface area (Å²) in [6.07, 6.45) is 2.18. The first kappa shape index (κ1) is 24.5. The van der Waals surface area contributed by atoms with Crippen LogP contribution in [-0.2, 0) is 11.2 Å². The number of hydrogen-bond acceptors (Lipinski definition) is 4. The third-order valence-corrected chi connectivity index (χ3v) is 7.03. The van der Waals surface area contributed by atoms with Gasteiger partial charge in [-0.2, -0.15) is 0 Å². The van der Waals surface area contributed by atoms with E-state index in [9.17, 15) is 14.4 Å². The van der Waals surface area contributed by atoms with Gasteiger partial charge in [0.2, 0.25) is 5.91 Å². The summed E-state index contributed by atoms with van der Waals surface area (Å²) in [5.41, 5.74) is 3.08. The minimum absolute atomic E-state index is 0.127. The van der Waals surface area contributed by atoms with E-state index in [1.165, 1.54) is 5.56 Å². The van der Waals surface area contributed by atoms with Crippen LogP contribution in [0.1, 0.15) is 34.3 Å². The first-order valence-electron chi connectivity index (χ1n) is 12.8. The van der Waals surface area contributed by atoms with Crippen molar-refractivity contribution in [2.45, 2.75) is 26.2 Å². The van der Waals surface area contributed by atoms with Gasteiger partial charge in [-0.05, 0) is 37.5 Å². The first-order valence-corrected chi connectivity index (χ1v) is 12.8. The second-order valence-corrected chi connectivity index (χ2v) is 9.45. The van der Waals surface area contributed by atoms with Crippen molar-refractivity contribution in [3.8, 4) is 11.3 Å². The molecule has 2 amide bonds. The van der Waals surface area contributed by atoms with Crippen LogP contribution in [0.15, 0.2) is 88.1 Å². The number of rotatable bonds is 6. The van der Waals surface area contributed by atoms with E-state index >= 15 is 0 Å². The number of para-hydroxylation sites is 1. The molecule has 0 saturated carbocycles. The van der Waals surface area contributed by atoms with Gasteiger partial charge in [0.15, 0.2) is 11.0 Å². The van der Waals surface area contributed by atoms with Gasteiger partial charge in [0.05, 0.1) is 10.9 Å². The van der Waals surface area contributed by atoms with Gasteiger partial charge in [-0.1, -0.05) is 66.7 Å². The van der Waals surface area contributed by atoms with Gasteiger partial charge < -0.3 is 14.2 Å². The number of amides is 2. The zero-order valence-corrected chi connectivity index (χ0v) is 21.0. The van der Waals surface area contributed by atoms with Crippen molar-refractivity contribution in [1.82, 2.24) is 9.80 Å². The average molecular weight is 495 g/mol. The molecule has 0 bridgehead atoms. The predicted octanol–water partition coefficient (Wildman–Crippen LogP) is 5.08. The maximum atomic E-state index is 13.5. The molecule has 1 aliphatic rings. The molecule has 0 unspecified atom stereocenters. The maximum Gasteiger partial charge on any atom is 0.257 e. The predicted molar refractivity (Wildman–Crippen MR) is 145 cm³/mol. The summed E-state index contributed by atoms with van der Waals surface area (Å²) in [5.74, 6) is 0.416. The standard InChI is InChI=1S/C31H30N2O4/c1-22-28(35)25-15-9-16-26(30(25)37-29(22)24-13-6-3-7-14-24)31(36)33-20-18-32(19-21-33)27(34)17-8-12-23-10-4-2-5-11-23/h2-7,9-11,13-16H,8,12,17-21H2,1H3. The average Bonchev–Trinajstić information content (AvgIpc) is 2.95. The van der Waals surface area contributed by atoms with Gasteiger partial charge in [0.1, 0.15) is 5.76 Å². The number of hydrogen-bond donors (Lipinski definition) is 0. The number of benzene rings is 3. The van der Waals surface area contributed by atoms with Crippen molar-refractivity contribution in [3.63, 3.8) is 0 Å². The monoisotopic (exact) mass is 494 g/mol. The van der Waals surface area contributed by atoms with Gasteiger partial charge in [-0.25, -0.2) is 0 Å². The lowest BCUT2D eigenvalue weighted by Gasteiger charge is -2.35. The van der Waals surface area contributed by atoms with Gasteiger partial charge in [-0.3, -0.25) is 14.4 Å². The Bertz CT molecular complexity index is 1470. The van der Waals surface area contributed by atoms with Crippen LogP contribution in [0.4, 0.5) is 0 Å². The quantitative estimate of drug-likeness (QED) is 0.375. The fourth-order valence-corrected chi connectivity index (χ4v) is 4.92. The lowest BCUT2D eigenvalue weighted by Crippen LogP contribution is -2.50. The van der Waals surface area contributed by atoms with E-state index in [1.54, 1.807) is 30.0 Å². The molecule has 2 heterocycles. The highest BCUT2D eigenvalue weighted by Crippen LogP contribution is 2.28. The fourth-order valence-electron chi connectivity index (χ4n) is 4.92. The van der Waals surface area contributed by atoms with E-state index < -0.39 is 0 Å². The highest BCUT2D eigenvalue weighted by molar-refractivity contribution is 6.05. The number of fused-ring (bicyclic) bond motifs is 1. The Kier molecular flexibility index (Phi) is 7.17. The second kappa shape index (κ2) is 10.8. The SMILES string of the molecule is Cc1c(-c2ccccc2)oc2c(C(=O)N3CCN(C(=O)CCCc4ccccc4)CC3)cccc2c1=O. The molecule has 4 aromatic rings. The highest BCUT2D eigenvalue weighted by Gasteiger charge is 2.27. The van der Waals surface area contributed by atoms with Crippen molar-refractivity contribution in [2.24, 2.45) is 0 Å². The molecule has 0 spiro atoms. The summed E-state index contributed by atoms with van der Waals surface area (Å²) in [5, 5.41) is 0.398.